The third-order valence-corrected chi connectivity index (χ3v) is 3.89. The number of pyridine rings is 1. The molecule has 24 heavy (non-hydrogen) atoms. The molecule has 2 aromatic rings. The minimum Gasteiger partial charge on any atom is -0.378 e. The molecule has 1 aliphatic heterocycles. The number of morpholine rings is 1. The average molecular weight is 323 g/mol. The first kappa shape index (κ1) is 16.2. The van der Waals surface area contributed by atoms with E-state index in [4.69, 9.17) is 4.74 Å². The maximum Gasteiger partial charge on any atom is 0.244 e. The van der Waals surface area contributed by atoms with Gasteiger partial charge in [-0.2, -0.15) is 0 Å². The number of carbonyl (C=O) groups is 1. The summed E-state index contributed by atoms with van der Waals surface area (Å²) in [6.07, 6.45) is 4.93. The summed E-state index contributed by atoms with van der Waals surface area (Å²) in [6, 6.07) is 13.8. The summed E-state index contributed by atoms with van der Waals surface area (Å²) in [5, 5.41) is 2.94. The van der Waals surface area contributed by atoms with Gasteiger partial charge in [0.15, 0.2) is 0 Å². The van der Waals surface area contributed by atoms with Gasteiger partial charge in [0.05, 0.1) is 18.9 Å². The molecule has 3 rings (SSSR count). The van der Waals surface area contributed by atoms with E-state index in [1.54, 1.807) is 12.3 Å². The highest BCUT2D eigenvalue weighted by Gasteiger charge is 2.14. The second-order valence-corrected chi connectivity index (χ2v) is 5.53. The molecule has 2 heterocycles. The van der Waals surface area contributed by atoms with Crippen molar-refractivity contribution >= 4 is 17.7 Å². The first-order valence-corrected chi connectivity index (χ1v) is 8.10. The minimum absolute atomic E-state index is 0.127. The number of amides is 1. The molecule has 1 N–H and O–H groups in total. The lowest BCUT2D eigenvalue weighted by molar-refractivity contribution is -0.116. The molecule has 0 spiro atoms. The van der Waals surface area contributed by atoms with Crippen LogP contribution in [0.25, 0.3) is 6.08 Å². The van der Waals surface area contributed by atoms with E-state index in [1.165, 1.54) is 6.08 Å². The highest BCUT2D eigenvalue weighted by atomic mass is 16.5. The maximum absolute atomic E-state index is 12.0. The first-order valence-electron chi connectivity index (χ1n) is 8.10. The van der Waals surface area contributed by atoms with E-state index in [1.807, 2.05) is 36.4 Å². The fourth-order valence-electron chi connectivity index (χ4n) is 2.65. The topological polar surface area (TPSA) is 54.5 Å². The van der Waals surface area contributed by atoms with Crippen LogP contribution in [0.4, 0.5) is 5.69 Å². The van der Waals surface area contributed by atoms with Gasteiger partial charge in [0.1, 0.15) is 0 Å². The molecular weight excluding hydrogens is 302 g/mol. The molecule has 1 aliphatic rings. The molecule has 0 radical (unpaired) electrons. The Kier molecular flexibility index (Phi) is 5.58. The lowest BCUT2D eigenvalue weighted by Crippen LogP contribution is -2.37. The van der Waals surface area contributed by atoms with Crippen LogP contribution in [0.15, 0.2) is 54.7 Å². The van der Waals surface area contributed by atoms with Crippen molar-refractivity contribution in [1.29, 1.82) is 0 Å². The van der Waals surface area contributed by atoms with Crippen LogP contribution < -0.4 is 10.2 Å². The van der Waals surface area contributed by atoms with Gasteiger partial charge in [0.2, 0.25) is 5.91 Å². The predicted molar refractivity (Wildman–Crippen MR) is 94.6 cm³/mol. The highest BCUT2D eigenvalue weighted by molar-refractivity contribution is 5.91. The van der Waals surface area contributed by atoms with Gasteiger partial charge >= 0.3 is 0 Å². The largest absolute Gasteiger partial charge is 0.378 e. The number of benzene rings is 1. The number of aromatic nitrogens is 1. The van der Waals surface area contributed by atoms with Gasteiger partial charge in [0.25, 0.3) is 0 Å². The van der Waals surface area contributed by atoms with Crippen LogP contribution >= 0.6 is 0 Å². The molecule has 0 aliphatic carbocycles. The average Bonchev–Trinajstić information content (AvgIpc) is 2.66. The third kappa shape index (κ3) is 4.43. The Balaban J connectivity index is 1.60. The molecule has 5 nitrogen and oxygen atoms in total. The molecule has 5 heteroatoms. The molecule has 0 unspecified atom stereocenters. The van der Waals surface area contributed by atoms with Gasteiger partial charge in [-0.3, -0.25) is 9.78 Å². The standard InChI is InChI=1S/C19H21N3O2/c23-19(9-8-17-6-3-4-10-20-17)21-15-16-5-1-2-7-18(16)22-11-13-24-14-12-22/h1-10H,11-15H2,(H,21,23). The maximum atomic E-state index is 12.0. The zero-order valence-electron chi connectivity index (χ0n) is 13.5. The minimum atomic E-state index is -0.127. The van der Waals surface area contributed by atoms with E-state index >= 15 is 0 Å². The fourth-order valence-corrected chi connectivity index (χ4v) is 2.65. The Morgan fingerprint density at radius 2 is 1.96 bits per heavy atom. The van der Waals surface area contributed by atoms with Crippen molar-refractivity contribution in [2.75, 3.05) is 31.2 Å². The summed E-state index contributed by atoms with van der Waals surface area (Å²) in [4.78, 5) is 18.5. The van der Waals surface area contributed by atoms with Crippen molar-refractivity contribution in [3.8, 4) is 0 Å². The Labute approximate surface area is 142 Å². The quantitative estimate of drug-likeness (QED) is 0.858. The molecular formula is C19H21N3O2. The van der Waals surface area contributed by atoms with E-state index in [-0.39, 0.29) is 5.91 Å². The van der Waals surface area contributed by atoms with Gasteiger partial charge in [-0.25, -0.2) is 0 Å². The van der Waals surface area contributed by atoms with Crippen molar-refractivity contribution in [3.63, 3.8) is 0 Å². The van der Waals surface area contributed by atoms with Crippen LogP contribution in [-0.2, 0) is 16.1 Å². The Hall–Kier alpha value is -2.66. The molecule has 1 amide bonds. The van der Waals surface area contributed by atoms with Crippen molar-refractivity contribution < 1.29 is 9.53 Å². The summed E-state index contributed by atoms with van der Waals surface area (Å²) in [5.74, 6) is -0.127. The summed E-state index contributed by atoms with van der Waals surface area (Å²) < 4.78 is 5.41. The van der Waals surface area contributed by atoms with Gasteiger partial charge in [-0.15, -0.1) is 0 Å². The van der Waals surface area contributed by atoms with Crippen molar-refractivity contribution in [2.45, 2.75) is 6.54 Å². The zero-order chi connectivity index (χ0) is 16.6. The van der Waals surface area contributed by atoms with Crippen molar-refractivity contribution in [2.24, 2.45) is 0 Å². The molecule has 1 fully saturated rings. The Morgan fingerprint density at radius 1 is 1.17 bits per heavy atom. The number of carbonyl (C=O) groups excluding carboxylic acids is 1. The second-order valence-electron chi connectivity index (χ2n) is 5.53. The van der Waals surface area contributed by atoms with Crippen LogP contribution in [0.1, 0.15) is 11.3 Å². The van der Waals surface area contributed by atoms with Crippen molar-refractivity contribution in [3.05, 3.63) is 66.0 Å². The monoisotopic (exact) mass is 323 g/mol. The first-order chi connectivity index (χ1) is 11.8. The van der Waals surface area contributed by atoms with E-state index in [2.05, 4.69) is 21.3 Å². The number of ether oxygens (including phenoxy) is 1. The molecule has 124 valence electrons. The third-order valence-electron chi connectivity index (χ3n) is 3.89. The van der Waals surface area contributed by atoms with E-state index < -0.39 is 0 Å². The van der Waals surface area contributed by atoms with Crippen LogP contribution in [0.2, 0.25) is 0 Å². The lowest BCUT2D eigenvalue weighted by atomic mass is 10.1. The number of para-hydroxylation sites is 1. The van der Waals surface area contributed by atoms with Crippen LogP contribution in [0.5, 0.6) is 0 Å². The molecule has 0 bridgehead atoms. The SMILES string of the molecule is O=C(C=Cc1ccccn1)NCc1ccccc1N1CCOCC1. The van der Waals surface area contributed by atoms with Crippen molar-refractivity contribution in [1.82, 2.24) is 10.3 Å². The normalized spacial score (nSPS) is 14.8. The highest BCUT2D eigenvalue weighted by Crippen LogP contribution is 2.21. The second kappa shape index (κ2) is 8.26. The number of nitrogens with zero attached hydrogens (tertiary/aromatic N) is 2. The van der Waals surface area contributed by atoms with Crippen LogP contribution in [0, 0.1) is 0 Å². The smallest absolute Gasteiger partial charge is 0.244 e. The Bertz CT molecular complexity index is 695. The summed E-state index contributed by atoms with van der Waals surface area (Å²) in [5.41, 5.74) is 3.04. The van der Waals surface area contributed by atoms with E-state index in [0.29, 0.717) is 6.54 Å². The lowest BCUT2D eigenvalue weighted by Gasteiger charge is -2.30. The van der Waals surface area contributed by atoms with Crippen LogP contribution in [0.3, 0.4) is 0 Å². The van der Waals surface area contributed by atoms with Gasteiger partial charge in [-0.1, -0.05) is 24.3 Å². The molecule has 0 saturated carbocycles. The van der Waals surface area contributed by atoms with E-state index in [9.17, 15) is 4.79 Å². The van der Waals surface area contributed by atoms with E-state index in [0.717, 1.165) is 43.2 Å². The van der Waals surface area contributed by atoms with Gasteiger partial charge in [0, 0.05) is 37.6 Å². The van der Waals surface area contributed by atoms with Gasteiger partial charge < -0.3 is 15.0 Å². The summed E-state index contributed by atoms with van der Waals surface area (Å²) in [6.45, 7) is 3.75. The number of hydrogen-bond acceptors (Lipinski definition) is 4. The fraction of sp³-hybridized carbons (Fsp3) is 0.263. The molecule has 1 saturated heterocycles. The number of hydrogen-bond donors (Lipinski definition) is 1. The summed E-state index contributed by atoms with van der Waals surface area (Å²) in [7, 11) is 0. The number of rotatable bonds is 5. The zero-order valence-corrected chi connectivity index (χ0v) is 13.5. The predicted octanol–water partition coefficient (Wildman–Crippen LogP) is 2.25. The Morgan fingerprint density at radius 3 is 2.75 bits per heavy atom. The number of anilines is 1. The molecule has 0 atom stereocenters. The molecule has 1 aromatic heterocycles. The summed E-state index contributed by atoms with van der Waals surface area (Å²) >= 11 is 0. The van der Waals surface area contributed by atoms with Crippen LogP contribution in [-0.4, -0.2) is 37.2 Å². The molecule has 1 aromatic carbocycles. The van der Waals surface area contributed by atoms with Gasteiger partial charge in [-0.05, 0) is 29.8 Å². The number of nitrogens with one attached hydrogen (secondary N) is 1.